The Morgan fingerprint density at radius 1 is 1.19 bits per heavy atom. The Hall–Kier alpha value is -2.34. The van der Waals surface area contributed by atoms with E-state index in [1.54, 1.807) is 6.07 Å². The molecule has 2 aromatic rings. The highest BCUT2D eigenvalue weighted by Crippen LogP contribution is 2.27. The molecule has 0 bridgehead atoms. The average Bonchev–Trinajstić information content (AvgIpc) is 2.61. The fourth-order valence-corrected chi connectivity index (χ4v) is 3.76. The SMILES string of the molecule is CCNC(=O)N1CCN(Cc2cc(=O)oc3cc(C)c(C(C)C)cc23)CC1. The first kappa shape index (κ1) is 19.4. The standard InChI is InChI=1S/C21H29N3O3/c1-5-22-21(26)24-8-6-23(7-9-24)13-16-11-20(25)27-19-10-15(4)17(14(2)3)12-18(16)19/h10-12,14H,5-9,13H2,1-4H3,(H,22,26). The van der Waals surface area contributed by atoms with Gasteiger partial charge < -0.3 is 14.6 Å². The Morgan fingerprint density at radius 3 is 2.52 bits per heavy atom. The van der Waals surface area contributed by atoms with Gasteiger partial charge in [0.05, 0.1) is 0 Å². The molecule has 2 heterocycles. The molecule has 0 radical (unpaired) electrons. The van der Waals surface area contributed by atoms with Crippen molar-refractivity contribution in [3.63, 3.8) is 0 Å². The van der Waals surface area contributed by atoms with Crippen molar-refractivity contribution >= 4 is 17.0 Å². The number of nitrogens with one attached hydrogen (secondary N) is 1. The molecule has 27 heavy (non-hydrogen) atoms. The van der Waals surface area contributed by atoms with Crippen LogP contribution >= 0.6 is 0 Å². The highest BCUT2D eigenvalue weighted by molar-refractivity contribution is 5.82. The van der Waals surface area contributed by atoms with Crippen molar-refractivity contribution in [2.75, 3.05) is 32.7 Å². The van der Waals surface area contributed by atoms with Gasteiger partial charge in [-0.25, -0.2) is 9.59 Å². The summed E-state index contributed by atoms with van der Waals surface area (Å²) in [5, 5.41) is 3.86. The molecule has 146 valence electrons. The van der Waals surface area contributed by atoms with Crippen LogP contribution in [0, 0.1) is 6.92 Å². The van der Waals surface area contributed by atoms with E-state index in [1.165, 1.54) is 5.56 Å². The first-order valence-corrected chi connectivity index (χ1v) is 9.71. The number of benzene rings is 1. The second-order valence-corrected chi connectivity index (χ2v) is 7.55. The zero-order valence-corrected chi connectivity index (χ0v) is 16.7. The number of urea groups is 1. The Morgan fingerprint density at radius 2 is 1.89 bits per heavy atom. The van der Waals surface area contributed by atoms with Crippen LogP contribution in [-0.2, 0) is 6.54 Å². The fraction of sp³-hybridized carbons (Fsp3) is 0.524. The van der Waals surface area contributed by atoms with E-state index in [2.05, 4.69) is 37.1 Å². The molecule has 1 aromatic heterocycles. The summed E-state index contributed by atoms with van der Waals surface area (Å²) >= 11 is 0. The summed E-state index contributed by atoms with van der Waals surface area (Å²) in [5.41, 5.74) is 3.76. The number of rotatable bonds is 4. The number of piperazine rings is 1. The largest absolute Gasteiger partial charge is 0.423 e. The van der Waals surface area contributed by atoms with Gasteiger partial charge in [0, 0.05) is 50.7 Å². The second-order valence-electron chi connectivity index (χ2n) is 7.55. The quantitative estimate of drug-likeness (QED) is 0.839. The number of nitrogens with zero attached hydrogens (tertiary/aromatic N) is 2. The molecular weight excluding hydrogens is 342 g/mol. The molecule has 0 unspecified atom stereocenters. The van der Waals surface area contributed by atoms with Gasteiger partial charge in [-0.15, -0.1) is 0 Å². The number of carbonyl (C=O) groups is 1. The lowest BCUT2D eigenvalue weighted by Crippen LogP contribution is -2.51. The third-order valence-electron chi connectivity index (χ3n) is 5.22. The molecule has 6 nitrogen and oxygen atoms in total. The number of carbonyl (C=O) groups excluding carboxylic acids is 1. The lowest BCUT2D eigenvalue weighted by atomic mass is 9.95. The lowest BCUT2D eigenvalue weighted by Gasteiger charge is -2.34. The normalized spacial score (nSPS) is 15.5. The molecule has 0 saturated carbocycles. The number of aryl methyl sites for hydroxylation is 1. The summed E-state index contributed by atoms with van der Waals surface area (Å²) < 4.78 is 5.45. The van der Waals surface area contributed by atoms with Gasteiger partial charge in [0.2, 0.25) is 0 Å². The molecule has 0 spiro atoms. The van der Waals surface area contributed by atoms with Gasteiger partial charge in [0.1, 0.15) is 5.58 Å². The second kappa shape index (κ2) is 8.13. The van der Waals surface area contributed by atoms with Crippen LogP contribution in [0.3, 0.4) is 0 Å². The maximum Gasteiger partial charge on any atom is 0.336 e. The van der Waals surface area contributed by atoms with Crippen molar-refractivity contribution in [1.29, 1.82) is 0 Å². The molecular formula is C21H29N3O3. The molecule has 1 saturated heterocycles. The maximum atomic E-state index is 12.0. The Labute approximate surface area is 160 Å². The van der Waals surface area contributed by atoms with E-state index >= 15 is 0 Å². The molecule has 1 aliphatic heterocycles. The average molecular weight is 371 g/mol. The third-order valence-corrected chi connectivity index (χ3v) is 5.22. The highest BCUT2D eigenvalue weighted by atomic mass is 16.4. The molecule has 2 amide bonds. The van der Waals surface area contributed by atoms with Crippen LogP contribution in [0.25, 0.3) is 11.0 Å². The molecule has 0 aliphatic carbocycles. The van der Waals surface area contributed by atoms with E-state index in [4.69, 9.17) is 4.42 Å². The van der Waals surface area contributed by atoms with Crippen LogP contribution in [0.4, 0.5) is 4.79 Å². The number of hydrogen-bond acceptors (Lipinski definition) is 4. The number of hydrogen-bond donors (Lipinski definition) is 1. The van der Waals surface area contributed by atoms with Crippen LogP contribution in [0.15, 0.2) is 27.4 Å². The Balaban J connectivity index is 1.82. The van der Waals surface area contributed by atoms with Gasteiger partial charge in [-0.1, -0.05) is 13.8 Å². The van der Waals surface area contributed by atoms with Crippen molar-refractivity contribution in [2.45, 2.75) is 40.2 Å². The van der Waals surface area contributed by atoms with E-state index in [0.717, 1.165) is 29.6 Å². The summed E-state index contributed by atoms with van der Waals surface area (Å²) in [6.45, 7) is 12.6. The predicted octanol–water partition coefficient (Wildman–Crippen LogP) is 3.07. The minimum atomic E-state index is -0.310. The summed E-state index contributed by atoms with van der Waals surface area (Å²) in [6.07, 6.45) is 0. The van der Waals surface area contributed by atoms with Crippen LogP contribution in [0.2, 0.25) is 0 Å². The number of fused-ring (bicyclic) bond motifs is 1. The van der Waals surface area contributed by atoms with Crippen molar-refractivity contribution in [3.8, 4) is 0 Å². The van der Waals surface area contributed by atoms with Gasteiger partial charge in [-0.05, 0) is 48.6 Å². The molecule has 3 rings (SSSR count). The van der Waals surface area contributed by atoms with Gasteiger partial charge in [0.15, 0.2) is 0 Å². The minimum Gasteiger partial charge on any atom is -0.423 e. The zero-order chi connectivity index (χ0) is 19.6. The third kappa shape index (κ3) is 4.33. The van der Waals surface area contributed by atoms with Crippen LogP contribution in [0.1, 0.15) is 43.4 Å². The van der Waals surface area contributed by atoms with Gasteiger partial charge in [-0.3, -0.25) is 4.90 Å². The maximum absolute atomic E-state index is 12.0. The summed E-state index contributed by atoms with van der Waals surface area (Å²) in [6, 6.07) is 5.75. The van der Waals surface area contributed by atoms with Crippen molar-refractivity contribution < 1.29 is 9.21 Å². The summed E-state index contributed by atoms with van der Waals surface area (Å²) in [4.78, 5) is 28.1. The van der Waals surface area contributed by atoms with E-state index in [9.17, 15) is 9.59 Å². The highest BCUT2D eigenvalue weighted by Gasteiger charge is 2.21. The minimum absolute atomic E-state index is 0.00000534. The monoisotopic (exact) mass is 371 g/mol. The molecule has 1 aliphatic rings. The Kier molecular flexibility index (Phi) is 5.85. The van der Waals surface area contributed by atoms with Gasteiger partial charge in [-0.2, -0.15) is 0 Å². The fourth-order valence-electron chi connectivity index (χ4n) is 3.76. The van der Waals surface area contributed by atoms with E-state index < -0.39 is 0 Å². The van der Waals surface area contributed by atoms with Gasteiger partial charge >= 0.3 is 11.7 Å². The van der Waals surface area contributed by atoms with Gasteiger partial charge in [0.25, 0.3) is 0 Å². The summed E-state index contributed by atoms with van der Waals surface area (Å²) in [7, 11) is 0. The van der Waals surface area contributed by atoms with Crippen LogP contribution in [-0.4, -0.2) is 48.6 Å². The lowest BCUT2D eigenvalue weighted by molar-refractivity contribution is 0.136. The first-order valence-electron chi connectivity index (χ1n) is 9.71. The van der Waals surface area contributed by atoms with E-state index in [-0.39, 0.29) is 11.7 Å². The van der Waals surface area contributed by atoms with Crippen molar-refractivity contribution in [2.24, 2.45) is 0 Å². The van der Waals surface area contributed by atoms with Crippen LogP contribution in [0.5, 0.6) is 0 Å². The van der Waals surface area contributed by atoms with Crippen molar-refractivity contribution in [1.82, 2.24) is 15.1 Å². The smallest absolute Gasteiger partial charge is 0.336 e. The molecule has 1 N–H and O–H groups in total. The topological polar surface area (TPSA) is 65.8 Å². The molecule has 1 aromatic carbocycles. The molecule has 0 atom stereocenters. The molecule has 6 heteroatoms. The Bertz CT molecular complexity index is 880. The van der Waals surface area contributed by atoms with E-state index in [0.29, 0.717) is 37.7 Å². The van der Waals surface area contributed by atoms with E-state index in [1.807, 2.05) is 17.9 Å². The first-order chi connectivity index (χ1) is 12.9. The predicted molar refractivity (Wildman–Crippen MR) is 107 cm³/mol. The molecule has 1 fully saturated rings. The number of amides is 2. The van der Waals surface area contributed by atoms with Crippen LogP contribution < -0.4 is 10.9 Å². The van der Waals surface area contributed by atoms with Crippen molar-refractivity contribution in [3.05, 3.63) is 45.3 Å². The zero-order valence-electron chi connectivity index (χ0n) is 16.7. The summed E-state index contributed by atoms with van der Waals surface area (Å²) in [5.74, 6) is 0.412.